The molecule has 3 aromatic rings. The molecule has 248 valence electrons. The third-order valence-electron chi connectivity index (χ3n) is 7.52. The number of aliphatic hydroxyl groups excluding tert-OH is 2. The molecule has 1 aliphatic heterocycles. The first-order valence-electron chi connectivity index (χ1n) is 15.2. The van der Waals surface area contributed by atoms with Crippen LogP contribution in [0.2, 0.25) is 0 Å². The molecular formula is C34H40FN7O5. The lowest BCUT2D eigenvalue weighted by molar-refractivity contribution is -0.140. The quantitative estimate of drug-likeness (QED) is 0.153. The Kier molecular flexibility index (Phi) is 11.6. The molecule has 13 heteroatoms. The van der Waals surface area contributed by atoms with Crippen molar-refractivity contribution in [2.45, 2.75) is 65.5 Å². The van der Waals surface area contributed by atoms with Crippen molar-refractivity contribution in [3.05, 3.63) is 83.2 Å². The van der Waals surface area contributed by atoms with Crippen LogP contribution in [0.5, 0.6) is 0 Å². The number of likely N-dealkylation sites (tertiary alicyclic amines) is 1. The molecule has 0 radical (unpaired) electrons. The van der Waals surface area contributed by atoms with Gasteiger partial charge in [0, 0.05) is 54.4 Å². The van der Waals surface area contributed by atoms with Crippen LogP contribution in [0.4, 0.5) is 20.6 Å². The number of amides is 4. The van der Waals surface area contributed by atoms with Crippen LogP contribution in [0.25, 0.3) is 0 Å². The summed E-state index contributed by atoms with van der Waals surface area (Å²) in [4.78, 5) is 47.9. The fourth-order valence-electron chi connectivity index (χ4n) is 5.11. The maximum Gasteiger partial charge on any atom is 0.323 e. The lowest BCUT2D eigenvalue weighted by Crippen LogP contribution is -2.56. The van der Waals surface area contributed by atoms with Gasteiger partial charge in [0.25, 0.3) is 0 Å². The lowest BCUT2D eigenvalue weighted by atomic mass is 9.85. The van der Waals surface area contributed by atoms with Gasteiger partial charge in [0.2, 0.25) is 17.8 Å². The molecule has 3 heterocycles. The van der Waals surface area contributed by atoms with Crippen molar-refractivity contribution < 1.29 is 29.0 Å². The number of nitrogens with zero attached hydrogens (tertiary/aromatic N) is 3. The van der Waals surface area contributed by atoms with E-state index < -0.39 is 36.1 Å². The zero-order valence-electron chi connectivity index (χ0n) is 26.8. The van der Waals surface area contributed by atoms with Gasteiger partial charge in [-0.3, -0.25) is 9.59 Å². The number of pyridine rings is 2. The summed E-state index contributed by atoms with van der Waals surface area (Å²) in [7, 11) is 0. The molecule has 3 atom stereocenters. The smallest absolute Gasteiger partial charge is 0.323 e. The summed E-state index contributed by atoms with van der Waals surface area (Å²) in [6.07, 6.45) is 2.59. The molecule has 1 saturated heterocycles. The van der Waals surface area contributed by atoms with Crippen molar-refractivity contribution in [3.8, 4) is 11.8 Å². The van der Waals surface area contributed by atoms with E-state index in [-0.39, 0.29) is 42.2 Å². The standard InChI is InChI=1S/C34H40FN7O5/c1-21-12-27(44)19-42(21)32(46)31(34(2,3)4)41-30(45)18-36-16-23-7-5-6-22(13-23)8-9-25-14-26(10-11-37-25)39-33(47)40-28-15-29(35)38-17-24(28)20-43/h5-7,10-11,13-15,17,21,27,31,36,43-44H,12,16,18-20H2,1-4H3,(H,41,45)(H2,37,38,39,40,47)/t21-,27-,31-/m1/s1. The maximum absolute atomic E-state index is 13.5. The number of hydrogen-bond acceptors (Lipinski definition) is 8. The molecule has 4 amide bonds. The number of halogens is 1. The first-order valence-corrected chi connectivity index (χ1v) is 15.2. The molecule has 0 spiro atoms. The Labute approximate surface area is 273 Å². The minimum Gasteiger partial charge on any atom is -0.392 e. The summed E-state index contributed by atoms with van der Waals surface area (Å²) in [6.45, 7) is 7.82. The average molecular weight is 646 g/mol. The van der Waals surface area contributed by atoms with E-state index in [2.05, 4.69) is 43.1 Å². The summed E-state index contributed by atoms with van der Waals surface area (Å²) >= 11 is 0. The Bertz CT molecular complexity index is 1670. The predicted molar refractivity (Wildman–Crippen MR) is 174 cm³/mol. The van der Waals surface area contributed by atoms with Gasteiger partial charge in [0.1, 0.15) is 11.7 Å². The van der Waals surface area contributed by atoms with E-state index in [0.717, 1.165) is 17.8 Å². The first-order chi connectivity index (χ1) is 22.3. The van der Waals surface area contributed by atoms with Crippen LogP contribution in [0.15, 0.2) is 54.9 Å². The highest BCUT2D eigenvalue weighted by atomic mass is 19.1. The SMILES string of the molecule is C[C@@H]1C[C@@H](O)CN1C(=O)[C@@H](NC(=O)CNCc1cccc(C#Cc2cc(NC(=O)Nc3cc(F)ncc3CO)ccn2)c1)C(C)(C)C. The van der Waals surface area contributed by atoms with Gasteiger partial charge in [-0.15, -0.1) is 0 Å². The molecular weight excluding hydrogens is 605 g/mol. The van der Waals surface area contributed by atoms with Crippen LogP contribution in [0.1, 0.15) is 56.5 Å². The molecule has 1 aliphatic rings. The molecule has 1 fully saturated rings. The van der Waals surface area contributed by atoms with E-state index in [4.69, 9.17) is 0 Å². The van der Waals surface area contributed by atoms with Gasteiger partial charge in [-0.05, 0) is 54.5 Å². The monoisotopic (exact) mass is 645 g/mol. The van der Waals surface area contributed by atoms with E-state index in [0.29, 0.717) is 29.9 Å². The van der Waals surface area contributed by atoms with Gasteiger partial charge >= 0.3 is 6.03 Å². The van der Waals surface area contributed by atoms with E-state index in [9.17, 15) is 29.0 Å². The van der Waals surface area contributed by atoms with Crippen molar-refractivity contribution >= 4 is 29.2 Å². The number of aliphatic hydroxyl groups is 2. The largest absolute Gasteiger partial charge is 0.392 e. The highest BCUT2D eigenvalue weighted by Crippen LogP contribution is 2.25. The third-order valence-corrected chi connectivity index (χ3v) is 7.52. The van der Waals surface area contributed by atoms with Crippen molar-refractivity contribution in [1.29, 1.82) is 0 Å². The Balaban J connectivity index is 1.31. The second kappa shape index (κ2) is 15.6. The van der Waals surface area contributed by atoms with Crippen LogP contribution in [-0.4, -0.2) is 74.2 Å². The van der Waals surface area contributed by atoms with E-state index in [1.54, 1.807) is 17.0 Å². The number of nitrogens with one attached hydrogen (secondary N) is 4. The predicted octanol–water partition coefficient (Wildman–Crippen LogP) is 2.75. The third kappa shape index (κ3) is 10.0. The first kappa shape index (κ1) is 35.0. The number of urea groups is 1. The highest BCUT2D eigenvalue weighted by molar-refractivity contribution is 6.00. The molecule has 0 unspecified atom stereocenters. The number of rotatable bonds is 9. The molecule has 6 N–H and O–H groups in total. The summed E-state index contributed by atoms with van der Waals surface area (Å²) in [5.41, 5.74) is 2.25. The Morgan fingerprint density at radius 3 is 2.60 bits per heavy atom. The zero-order chi connectivity index (χ0) is 34.1. The highest BCUT2D eigenvalue weighted by Gasteiger charge is 2.40. The lowest BCUT2D eigenvalue weighted by Gasteiger charge is -2.35. The second-order valence-corrected chi connectivity index (χ2v) is 12.5. The summed E-state index contributed by atoms with van der Waals surface area (Å²) in [5, 5.41) is 30.5. The molecule has 0 saturated carbocycles. The number of β-amino-alcohol motifs (C(OH)–C–C–N with tert-alkyl or cyclic N) is 1. The normalized spacial score (nSPS) is 16.5. The summed E-state index contributed by atoms with van der Waals surface area (Å²) < 4.78 is 13.5. The number of anilines is 2. The van der Waals surface area contributed by atoms with E-state index in [1.165, 1.54) is 6.20 Å². The molecule has 1 aromatic carbocycles. The van der Waals surface area contributed by atoms with Crippen LogP contribution >= 0.6 is 0 Å². The zero-order valence-corrected chi connectivity index (χ0v) is 26.8. The van der Waals surface area contributed by atoms with Gasteiger partial charge in [0.05, 0.1) is 24.9 Å². The van der Waals surface area contributed by atoms with Crippen LogP contribution in [0, 0.1) is 23.2 Å². The van der Waals surface area contributed by atoms with E-state index in [1.807, 2.05) is 52.0 Å². The molecule has 0 aliphatic carbocycles. The topological polar surface area (TPSA) is 169 Å². The Morgan fingerprint density at radius 1 is 1.11 bits per heavy atom. The molecule has 2 aromatic heterocycles. The van der Waals surface area contributed by atoms with Crippen molar-refractivity contribution in [1.82, 2.24) is 25.5 Å². The fourth-order valence-corrected chi connectivity index (χ4v) is 5.11. The summed E-state index contributed by atoms with van der Waals surface area (Å²) in [6, 6.07) is 10.2. The van der Waals surface area contributed by atoms with Crippen molar-refractivity contribution in [2.75, 3.05) is 23.7 Å². The minimum absolute atomic E-state index is 0.00263. The van der Waals surface area contributed by atoms with Crippen molar-refractivity contribution in [3.63, 3.8) is 0 Å². The Morgan fingerprint density at radius 2 is 1.89 bits per heavy atom. The van der Waals surface area contributed by atoms with Crippen LogP contribution in [0.3, 0.4) is 0 Å². The number of hydrogen-bond donors (Lipinski definition) is 6. The van der Waals surface area contributed by atoms with Gasteiger partial charge in [-0.2, -0.15) is 4.39 Å². The summed E-state index contributed by atoms with van der Waals surface area (Å²) in [5.74, 6) is 4.71. The molecule has 4 rings (SSSR count). The van der Waals surface area contributed by atoms with Crippen LogP contribution < -0.4 is 21.3 Å². The van der Waals surface area contributed by atoms with Gasteiger partial charge in [-0.25, -0.2) is 14.8 Å². The molecule has 12 nitrogen and oxygen atoms in total. The van der Waals surface area contributed by atoms with E-state index >= 15 is 0 Å². The van der Waals surface area contributed by atoms with Gasteiger partial charge in [0.15, 0.2) is 0 Å². The number of carbonyl (C=O) groups is 3. The molecule has 47 heavy (non-hydrogen) atoms. The number of carbonyl (C=O) groups excluding carboxylic acids is 3. The molecule has 0 bridgehead atoms. The van der Waals surface area contributed by atoms with Crippen LogP contribution in [-0.2, 0) is 22.7 Å². The fraction of sp³-hybridized carbons (Fsp3) is 0.382. The maximum atomic E-state index is 13.5. The van der Waals surface area contributed by atoms with Crippen molar-refractivity contribution in [2.24, 2.45) is 5.41 Å². The van der Waals surface area contributed by atoms with Gasteiger partial charge < -0.3 is 36.4 Å². The number of benzene rings is 1. The average Bonchev–Trinajstić information content (AvgIpc) is 3.36. The minimum atomic E-state index is -0.794. The number of aromatic nitrogens is 2. The van der Waals surface area contributed by atoms with Gasteiger partial charge in [-0.1, -0.05) is 38.8 Å². The second-order valence-electron chi connectivity index (χ2n) is 12.5. The Hall–Kier alpha value is -4.90.